The minimum atomic E-state index is 1.24. The number of hydrogen-bond acceptors (Lipinski definition) is 0. The molecule has 0 amide bonds. The quantitative estimate of drug-likeness (QED) is 0.193. The molecule has 8 aromatic rings. The van der Waals surface area contributed by atoms with Crippen molar-refractivity contribution in [2.24, 2.45) is 0 Å². The smallest absolute Gasteiger partial charge is 0.0177 e. The Labute approximate surface area is 231 Å². The van der Waals surface area contributed by atoms with Crippen LogP contribution >= 0.6 is 0 Å². The van der Waals surface area contributed by atoms with Crippen molar-refractivity contribution in [1.29, 1.82) is 0 Å². The zero-order valence-electron chi connectivity index (χ0n) is 21.9. The Morgan fingerprint density at radius 3 is 0.275 bits per heavy atom. The van der Waals surface area contributed by atoms with Crippen LogP contribution < -0.4 is 0 Å². The molecule has 0 nitrogen and oxygen atoms in total. The van der Waals surface area contributed by atoms with Crippen LogP contribution in [0.2, 0.25) is 0 Å². The van der Waals surface area contributed by atoms with Gasteiger partial charge in [-0.15, -0.1) is 0 Å². The largest absolute Gasteiger partial charge is 0.0537 e. The zero-order valence-corrected chi connectivity index (χ0v) is 21.9. The van der Waals surface area contributed by atoms with Gasteiger partial charge in [0.15, 0.2) is 0 Å². The minimum absolute atomic E-state index is 1.24. The summed E-state index contributed by atoms with van der Waals surface area (Å²) >= 11 is 0. The normalized spacial score (nSPS) is 12.0. The Kier molecular flexibility index (Phi) is 4.42. The SMILES string of the molecule is c1cc2cc3ccc4cc5ccc6cc7ccc8cc1c1ccc2cc3ccc4cc5ccc6cc7ccc8c1. The maximum Gasteiger partial charge on any atom is -0.0177 e. The van der Waals surface area contributed by atoms with E-state index in [2.05, 4.69) is 146 Å². The molecule has 0 aliphatic rings. The average molecular weight is 505 g/mol. The first-order valence-corrected chi connectivity index (χ1v) is 13.9. The van der Waals surface area contributed by atoms with Crippen LogP contribution in [0, 0.1) is 0 Å². The molecule has 0 aliphatic heterocycles. The second-order valence-electron chi connectivity index (χ2n) is 11.1. The lowest BCUT2D eigenvalue weighted by atomic mass is 9.99. The summed E-state index contributed by atoms with van der Waals surface area (Å²) in [6.45, 7) is 0. The molecule has 0 radical (unpaired) electrons. The average Bonchev–Trinajstić information content (AvgIpc) is 2.93. The van der Waals surface area contributed by atoms with Gasteiger partial charge in [0.2, 0.25) is 0 Å². The van der Waals surface area contributed by atoms with Gasteiger partial charge in [0.25, 0.3) is 0 Å². The molecule has 184 valence electrons. The summed E-state index contributed by atoms with van der Waals surface area (Å²) in [5.41, 5.74) is 0. The fraction of sp³-hybridized carbons (Fsp3) is 0. The van der Waals surface area contributed by atoms with Gasteiger partial charge in [-0.3, -0.25) is 0 Å². The Morgan fingerprint density at radius 2 is 0.200 bits per heavy atom. The Balaban J connectivity index is 1.56. The third-order valence-electron chi connectivity index (χ3n) is 8.69. The van der Waals surface area contributed by atoms with Crippen LogP contribution in [0.15, 0.2) is 146 Å². The summed E-state index contributed by atoms with van der Waals surface area (Å²) in [7, 11) is 0. The molecular formula is C40H24. The first-order chi connectivity index (χ1) is 19.7. The van der Waals surface area contributed by atoms with E-state index >= 15 is 0 Å². The molecule has 8 aromatic carbocycles. The van der Waals surface area contributed by atoms with Crippen molar-refractivity contribution in [2.45, 2.75) is 0 Å². The number of hydrogen-bond donors (Lipinski definition) is 0. The molecule has 0 saturated carbocycles. The van der Waals surface area contributed by atoms with E-state index in [4.69, 9.17) is 0 Å². The third kappa shape index (κ3) is 3.40. The Bertz CT molecular complexity index is 1840. The number of benzene rings is 4. The van der Waals surface area contributed by atoms with Crippen molar-refractivity contribution in [2.75, 3.05) is 0 Å². The van der Waals surface area contributed by atoms with Crippen molar-refractivity contribution in [3.05, 3.63) is 146 Å². The second kappa shape index (κ2) is 8.15. The topological polar surface area (TPSA) is 0 Å². The van der Waals surface area contributed by atoms with Gasteiger partial charge >= 0.3 is 0 Å². The van der Waals surface area contributed by atoms with Gasteiger partial charge in [-0.25, -0.2) is 0 Å². The molecular weight excluding hydrogens is 480 g/mol. The minimum Gasteiger partial charge on any atom is -0.0537 e. The van der Waals surface area contributed by atoms with Crippen LogP contribution in [0.25, 0.3) is 86.2 Å². The molecule has 0 saturated heterocycles. The molecule has 0 aromatic heterocycles. The monoisotopic (exact) mass is 504 g/mol. The molecule has 0 spiro atoms. The predicted octanol–water partition coefficient (Wildman–Crippen LogP) is 11.5. The highest BCUT2D eigenvalue weighted by atomic mass is 14.1. The molecule has 0 aliphatic carbocycles. The van der Waals surface area contributed by atoms with Gasteiger partial charge in [0.1, 0.15) is 0 Å². The lowest BCUT2D eigenvalue weighted by Crippen LogP contribution is -1.79. The molecule has 0 heteroatoms. The Morgan fingerprint density at radius 1 is 0.125 bits per heavy atom. The fourth-order valence-corrected chi connectivity index (χ4v) is 6.42. The Hall–Kier alpha value is -5.20. The van der Waals surface area contributed by atoms with Crippen LogP contribution in [-0.2, 0) is 0 Å². The highest BCUT2D eigenvalue weighted by Gasteiger charge is 2.03. The van der Waals surface area contributed by atoms with Gasteiger partial charge in [0, 0.05) is 0 Å². The van der Waals surface area contributed by atoms with Gasteiger partial charge in [0.05, 0.1) is 0 Å². The van der Waals surface area contributed by atoms with E-state index in [1.165, 1.54) is 86.2 Å². The highest BCUT2D eigenvalue weighted by molar-refractivity contribution is 6.05. The third-order valence-corrected chi connectivity index (χ3v) is 8.69. The van der Waals surface area contributed by atoms with Crippen LogP contribution in [0.3, 0.4) is 0 Å². The molecule has 0 bridgehead atoms. The van der Waals surface area contributed by atoms with Crippen molar-refractivity contribution >= 4 is 86.2 Å². The summed E-state index contributed by atoms with van der Waals surface area (Å²) in [6.07, 6.45) is 0. The van der Waals surface area contributed by atoms with E-state index in [-0.39, 0.29) is 0 Å². The van der Waals surface area contributed by atoms with E-state index in [1.54, 1.807) is 0 Å². The van der Waals surface area contributed by atoms with Crippen molar-refractivity contribution in [3.8, 4) is 0 Å². The number of fused-ring (bicyclic) bond motifs is 8. The molecule has 0 fully saturated rings. The first kappa shape index (κ1) is 21.7. The number of rotatable bonds is 0. The maximum absolute atomic E-state index is 2.32. The van der Waals surface area contributed by atoms with Crippen LogP contribution in [0.4, 0.5) is 0 Å². The van der Waals surface area contributed by atoms with Gasteiger partial charge in [-0.1, -0.05) is 97.1 Å². The van der Waals surface area contributed by atoms with Crippen molar-refractivity contribution in [3.63, 3.8) is 0 Å². The summed E-state index contributed by atoms with van der Waals surface area (Å²) in [6, 6.07) is 54.9. The van der Waals surface area contributed by atoms with Crippen molar-refractivity contribution < 1.29 is 0 Å². The molecule has 8 rings (SSSR count). The fourth-order valence-electron chi connectivity index (χ4n) is 6.42. The van der Waals surface area contributed by atoms with Gasteiger partial charge < -0.3 is 0 Å². The van der Waals surface area contributed by atoms with Gasteiger partial charge in [-0.2, -0.15) is 0 Å². The molecule has 0 unspecified atom stereocenters. The highest BCUT2D eigenvalue weighted by Crippen LogP contribution is 2.30. The summed E-state index contributed by atoms with van der Waals surface area (Å²) in [5, 5.41) is 19.8. The molecule has 0 heterocycles. The van der Waals surface area contributed by atoms with Gasteiger partial charge in [-0.05, 0) is 135 Å². The lowest BCUT2D eigenvalue weighted by Gasteiger charge is -2.06. The summed E-state index contributed by atoms with van der Waals surface area (Å²) in [5.74, 6) is 0. The molecule has 40 heavy (non-hydrogen) atoms. The summed E-state index contributed by atoms with van der Waals surface area (Å²) in [4.78, 5) is 0. The predicted molar refractivity (Wildman–Crippen MR) is 175 cm³/mol. The zero-order chi connectivity index (χ0) is 26.2. The van der Waals surface area contributed by atoms with E-state index < -0.39 is 0 Å². The standard InChI is InChI=1S/C40H24/c1-2-26-18-30-7-9-34-22-38-14-13-37-21-33-6-5-28-17-25(1)27-3-4-29(26)20-32(30)11-12-36(34)24-40(38)16-15-39(37)23-35(33)10-8-31(28)19-27/h1-24H. The van der Waals surface area contributed by atoms with E-state index in [9.17, 15) is 0 Å². The van der Waals surface area contributed by atoms with E-state index in [0.717, 1.165) is 0 Å². The second-order valence-corrected chi connectivity index (χ2v) is 11.1. The van der Waals surface area contributed by atoms with Crippen molar-refractivity contribution in [1.82, 2.24) is 0 Å². The van der Waals surface area contributed by atoms with E-state index in [0.29, 0.717) is 0 Å². The van der Waals surface area contributed by atoms with Crippen LogP contribution in [0.5, 0.6) is 0 Å². The lowest BCUT2D eigenvalue weighted by molar-refractivity contribution is 1.79. The van der Waals surface area contributed by atoms with Crippen LogP contribution in [0.1, 0.15) is 0 Å². The van der Waals surface area contributed by atoms with Crippen LogP contribution in [-0.4, -0.2) is 0 Å². The first-order valence-electron chi connectivity index (χ1n) is 13.9. The molecule has 0 atom stereocenters. The van der Waals surface area contributed by atoms with E-state index in [1.807, 2.05) is 0 Å². The molecule has 0 N–H and O–H groups in total. The maximum atomic E-state index is 2.32. The summed E-state index contributed by atoms with van der Waals surface area (Å²) < 4.78 is 0.